The summed E-state index contributed by atoms with van der Waals surface area (Å²) in [5.41, 5.74) is 2.58. The van der Waals surface area contributed by atoms with Crippen molar-refractivity contribution in [3.8, 4) is 5.75 Å². The van der Waals surface area contributed by atoms with Gasteiger partial charge in [0, 0.05) is 7.11 Å². The number of thiazole rings is 1. The summed E-state index contributed by atoms with van der Waals surface area (Å²) in [5.74, 6) is 0.715. The molecule has 1 heterocycles. The lowest BCUT2D eigenvalue weighted by molar-refractivity contribution is 0.153. The van der Waals surface area contributed by atoms with Gasteiger partial charge in [0.1, 0.15) is 24.1 Å². The molecule has 0 saturated heterocycles. The second-order valence-corrected chi connectivity index (χ2v) is 6.74. The normalized spacial score (nSPS) is 10.7. The SMILES string of the molecule is COCN(C(=O)OC)c1ccc(OCc2nc3ccccc3s2)cc1C. The van der Waals surface area contributed by atoms with Crippen LogP contribution in [0.2, 0.25) is 0 Å². The lowest BCUT2D eigenvalue weighted by atomic mass is 10.2. The average molecular weight is 372 g/mol. The van der Waals surface area contributed by atoms with E-state index in [2.05, 4.69) is 4.98 Å². The number of anilines is 1. The van der Waals surface area contributed by atoms with E-state index in [9.17, 15) is 4.79 Å². The standard InChI is InChI=1S/C19H20N2O4S/c1-13-10-14(8-9-16(13)21(12-23-2)19(22)24-3)25-11-18-20-15-6-4-5-7-17(15)26-18/h4-10H,11-12H2,1-3H3. The van der Waals surface area contributed by atoms with Crippen molar-refractivity contribution in [3.05, 3.63) is 53.0 Å². The minimum Gasteiger partial charge on any atom is -0.486 e. The number of ether oxygens (including phenoxy) is 3. The molecule has 3 aromatic rings. The van der Waals surface area contributed by atoms with Crippen LogP contribution in [0, 0.1) is 6.92 Å². The number of benzene rings is 2. The Morgan fingerprint density at radius 2 is 2.00 bits per heavy atom. The summed E-state index contributed by atoms with van der Waals surface area (Å²) in [7, 11) is 2.87. The largest absolute Gasteiger partial charge is 0.486 e. The predicted molar refractivity (Wildman–Crippen MR) is 102 cm³/mol. The summed E-state index contributed by atoms with van der Waals surface area (Å²) in [6.07, 6.45) is -0.474. The van der Waals surface area contributed by atoms with Crippen LogP contribution >= 0.6 is 11.3 Å². The van der Waals surface area contributed by atoms with E-state index in [1.165, 1.54) is 19.1 Å². The lowest BCUT2D eigenvalue weighted by Gasteiger charge is -2.22. The molecule has 0 aliphatic rings. The Kier molecular flexibility index (Phi) is 5.70. The molecule has 26 heavy (non-hydrogen) atoms. The zero-order valence-corrected chi connectivity index (χ0v) is 15.7. The summed E-state index contributed by atoms with van der Waals surface area (Å²) >= 11 is 1.62. The molecule has 0 unspecified atom stereocenters. The van der Waals surface area contributed by atoms with E-state index < -0.39 is 6.09 Å². The maximum absolute atomic E-state index is 11.9. The Morgan fingerprint density at radius 3 is 2.69 bits per heavy atom. The van der Waals surface area contributed by atoms with Crippen molar-refractivity contribution in [1.29, 1.82) is 0 Å². The van der Waals surface area contributed by atoms with Gasteiger partial charge in [-0.1, -0.05) is 12.1 Å². The first-order valence-corrected chi connectivity index (χ1v) is 8.86. The van der Waals surface area contributed by atoms with Crippen LogP contribution in [0.15, 0.2) is 42.5 Å². The fourth-order valence-electron chi connectivity index (χ4n) is 2.61. The number of methoxy groups -OCH3 is 2. The van der Waals surface area contributed by atoms with Gasteiger partial charge in [0.2, 0.25) is 0 Å². The molecule has 0 aliphatic heterocycles. The summed E-state index contributed by atoms with van der Waals surface area (Å²) in [6, 6.07) is 13.5. The number of hydrogen-bond acceptors (Lipinski definition) is 6. The van der Waals surface area contributed by atoms with E-state index >= 15 is 0 Å². The molecule has 1 aromatic heterocycles. The van der Waals surface area contributed by atoms with E-state index in [1.54, 1.807) is 11.3 Å². The fraction of sp³-hybridized carbons (Fsp3) is 0.263. The number of amides is 1. The van der Waals surface area contributed by atoms with Gasteiger partial charge in [-0.25, -0.2) is 9.78 Å². The molecule has 2 aromatic carbocycles. The van der Waals surface area contributed by atoms with Gasteiger partial charge in [0.05, 0.1) is 23.0 Å². The third kappa shape index (κ3) is 3.95. The van der Waals surface area contributed by atoms with Crippen LogP contribution in [0.25, 0.3) is 10.2 Å². The first-order chi connectivity index (χ1) is 12.6. The molecule has 0 fully saturated rings. The highest BCUT2D eigenvalue weighted by atomic mass is 32.1. The van der Waals surface area contributed by atoms with Crippen LogP contribution in [0.5, 0.6) is 5.75 Å². The number of para-hydroxylation sites is 1. The maximum atomic E-state index is 11.9. The van der Waals surface area contributed by atoms with Crippen molar-refractivity contribution in [2.24, 2.45) is 0 Å². The van der Waals surface area contributed by atoms with Crippen molar-refractivity contribution < 1.29 is 19.0 Å². The highest BCUT2D eigenvalue weighted by Gasteiger charge is 2.18. The summed E-state index contributed by atoms with van der Waals surface area (Å²) in [6.45, 7) is 2.42. The third-order valence-electron chi connectivity index (χ3n) is 3.81. The molecule has 0 atom stereocenters. The molecule has 1 amide bonds. The Morgan fingerprint density at radius 1 is 1.19 bits per heavy atom. The van der Waals surface area contributed by atoms with Crippen LogP contribution in [0.3, 0.4) is 0 Å². The number of rotatable bonds is 6. The first kappa shape index (κ1) is 18.2. The Balaban J connectivity index is 1.73. The number of carbonyl (C=O) groups excluding carboxylic acids is 1. The fourth-order valence-corrected chi connectivity index (χ4v) is 3.49. The van der Waals surface area contributed by atoms with Crippen LogP contribution < -0.4 is 9.64 Å². The molecule has 0 saturated carbocycles. The summed E-state index contributed by atoms with van der Waals surface area (Å²) < 4.78 is 16.9. The smallest absolute Gasteiger partial charge is 0.415 e. The number of nitrogens with zero attached hydrogens (tertiary/aromatic N) is 2. The molecule has 0 bridgehead atoms. The van der Waals surface area contributed by atoms with E-state index in [0.29, 0.717) is 18.0 Å². The topological polar surface area (TPSA) is 60.9 Å². The Hall–Kier alpha value is -2.64. The zero-order chi connectivity index (χ0) is 18.5. The van der Waals surface area contributed by atoms with Crippen LogP contribution in [0.1, 0.15) is 10.6 Å². The van der Waals surface area contributed by atoms with E-state index in [4.69, 9.17) is 14.2 Å². The summed E-state index contributed by atoms with van der Waals surface area (Å²) in [5, 5.41) is 0.920. The molecular formula is C19H20N2O4S. The maximum Gasteiger partial charge on any atom is 0.415 e. The lowest BCUT2D eigenvalue weighted by Crippen LogP contribution is -2.33. The van der Waals surface area contributed by atoms with E-state index in [-0.39, 0.29) is 6.73 Å². The Labute approximate surface area is 155 Å². The molecule has 136 valence electrons. The van der Waals surface area contributed by atoms with Gasteiger partial charge in [-0.05, 0) is 42.8 Å². The van der Waals surface area contributed by atoms with E-state index in [1.807, 2.05) is 49.4 Å². The molecule has 3 rings (SSSR count). The number of carbonyl (C=O) groups is 1. The van der Waals surface area contributed by atoms with Gasteiger partial charge < -0.3 is 14.2 Å². The average Bonchev–Trinajstić information content (AvgIpc) is 3.07. The molecule has 7 heteroatoms. The van der Waals surface area contributed by atoms with Crippen LogP contribution in [-0.4, -0.2) is 32.0 Å². The Bertz CT molecular complexity index is 876. The van der Waals surface area contributed by atoms with E-state index in [0.717, 1.165) is 20.8 Å². The van der Waals surface area contributed by atoms with Gasteiger partial charge in [0.25, 0.3) is 0 Å². The quantitative estimate of drug-likeness (QED) is 0.602. The van der Waals surface area contributed by atoms with Crippen LogP contribution in [0.4, 0.5) is 10.5 Å². The highest BCUT2D eigenvalue weighted by molar-refractivity contribution is 7.18. The number of hydrogen-bond donors (Lipinski definition) is 0. The minimum atomic E-state index is -0.474. The first-order valence-electron chi connectivity index (χ1n) is 8.04. The van der Waals surface area contributed by atoms with Crippen molar-refractivity contribution in [1.82, 2.24) is 4.98 Å². The molecule has 0 aliphatic carbocycles. The molecule has 6 nitrogen and oxygen atoms in total. The summed E-state index contributed by atoms with van der Waals surface area (Å²) in [4.78, 5) is 17.9. The second kappa shape index (κ2) is 8.16. The van der Waals surface area contributed by atoms with Gasteiger partial charge in [-0.15, -0.1) is 11.3 Å². The highest BCUT2D eigenvalue weighted by Crippen LogP contribution is 2.27. The number of aryl methyl sites for hydroxylation is 1. The minimum absolute atomic E-state index is 0.111. The molecular weight excluding hydrogens is 352 g/mol. The van der Waals surface area contributed by atoms with Gasteiger partial charge in [-0.2, -0.15) is 0 Å². The van der Waals surface area contributed by atoms with Crippen molar-refractivity contribution >= 4 is 33.3 Å². The van der Waals surface area contributed by atoms with Crippen LogP contribution in [-0.2, 0) is 16.1 Å². The zero-order valence-electron chi connectivity index (χ0n) is 14.9. The van der Waals surface area contributed by atoms with Gasteiger partial charge >= 0.3 is 6.09 Å². The van der Waals surface area contributed by atoms with Crippen molar-refractivity contribution in [3.63, 3.8) is 0 Å². The number of aromatic nitrogens is 1. The van der Waals surface area contributed by atoms with Gasteiger partial charge in [0.15, 0.2) is 0 Å². The van der Waals surface area contributed by atoms with Crippen molar-refractivity contribution in [2.45, 2.75) is 13.5 Å². The number of fused-ring (bicyclic) bond motifs is 1. The molecule has 0 N–H and O–H groups in total. The monoisotopic (exact) mass is 372 g/mol. The second-order valence-electron chi connectivity index (χ2n) is 5.63. The third-order valence-corrected chi connectivity index (χ3v) is 4.82. The predicted octanol–water partition coefficient (Wildman–Crippen LogP) is 4.36. The van der Waals surface area contributed by atoms with Crippen molar-refractivity contribution in [2.75, 3.05) is 25.9 Å². The molecule has 0 radical (unpaired) electrons. The van der Waals surface area contributed by atoms with Gasteiger partial charge in [-0.3, -0.25) is 4.90 Å². The molecule has 0 spiro atoms.